The van der Waals surface area contributed by atoms with Crippen LogP contribution in [-0.2, 0) is 9.57 Å². The van der Waals surface area contributed by atoms with Crippen molar-refractivity contribution in [3.05, 3.63) is 32.9 Å². The molecular formula is C15H17Cl3N4O5. The van der Waals surface area contributed by atoms with Gasteiger partial charge in [0.25, 0.3) is 0 Å². The molecule has 1 fully saturated rings. The molecule has 27 heavy (non-hydrogen) atoms. The maximum Gasteiger partial charge on any atom is 0.164 e. The zero-order valence-corrected chi connectivity index (χ0v) is 16.0. The number of hydrazone groups is 1. The molecule has 12 heteroatoms. The van der Waals surface area contributed by atoms with Gasteiger partial charge in [-0.3, -0.25) is 10.3 Å². The summed E-state index contributed by atoms with van der Waals surface area (Å²) in [4.78, 5) is 4.36. The van der Waals surface area contributed by atoms with Crippen LogP contribution in [0.1, 0.15) is 11.8 Å². The Bertz CT molecular complexity index is 862. The van der Waals surface area contributed by atoms with E-state index in [9.17, 15) is 15.3 Å². The van der Waals surface area contributed by atoms with Crippen molar-refractivity contribution < 1.29 is 24.9 Å². The highest BCUT2D eigenvalue weighted by atomic mass is 35.5. The van der Waals surface area contributed by atoms with E-state index in [1.165, 1.54) is 10.8 Å². The summed E-state index contributed by atoms with van der Waals surface area (Å²) in [6.45, 7) is -0.483. The molecule has 0 saturated carbocycles. The zero-order valence-electron chi connectivity index (χ0n) is 13.7. The highest BCUT2D eigenvalue weighted by Crippen LogP contribution is 2.40. The Morgan fingerprint density at radius 2 is 1.96 bits per heavy atom. The number of benzene rings is 1. The Morgan fingerprint density at radius 3 is 2.59 bits per heavy atom. The molecule has 2 unspecified atom stereocenters. The number of fused-ring (bicyclic) bond motifs is 1. The van der Waals surface area contributed by atoms with Gasteiger partial charge in [0.1, 0.15) is 23.5 Å². The minimum atomic E-state index is -1.32. The van der Waals surface area contributed by atoms with Crippen molar-refractivity contribution in [1.29, 1.82) is 0 Å². The molecule has 4 atom stereocenters. The number of nitrogens with one attached hydrogen (secondary N) is 1. The molecule has 1 aromatic carbocycles. The third kappa shape index (κ3) is 3.75. The number of rotatable bonds is 6. The summed E-state index contributed by atoms with van der Waals surface area (Å²) in [7, 11) is 0. The molecule has 3 rings (SSSR count). The monoisotopic (exact) mass is 438 g/mol. The van der Waals surface area contributed by atoms with Crippen LogP contribution < -0.4 is 11.3 Å². The minimum Gasteiger partial charge on any atom is -0.394 e. The molecule has 2 aromatic rings. The second-order valence-corrected chi connectivity index (χ2v) is 6.99. The summed E-state index contributed by atoms with van der Waals surface area (Å²) in [5.41, 5.74) is 3.52. The second kappa shape index (κ2) is 8.48. The smallest absolute Gasteiger partial charge is 0.164 e. The van der Waals surface area contributed by atoms with E-state index in [0.29, 0.717) is 21.5 Å². The Morgan fingerprint density at radius 1 is 1.26 bits per heavy atom. The van der Waals surface area contributed by atoms with Gasteiger partial charge in [0.05, 0.1) is 28.4 Å². The molecule has 1 aliphatic rings. The lowest BCUT2D eigenvalue weighted by Gasteiger charge is -2.19. The van der Waals surface area contributed by atoms with E-state index in [-0.39, 0.29) is 16.9 Å². The first-order chi connectivity index (χ1) is 12.9. The first kappa shape index (κ1) is 20.6. The number of aromatic nitrogens is 1. The van der Waals surface area contributed by atoms with Gasteiger partial charge < -0.3 is 24.6 Å². The van der Waals surface area contributed by atoms with Crippen LogP contribution in [-0.4, -0.2) is 57.8 Å². The first-order valence-corrected chi connectivity index (χ1v) is 8.92. The molecule has 1 aliphatic heterocycles. The van der Waals surface area contributed by atoms with E-state index in [0.717, 1.165) is 0 Å². The Labute approximate surface area is 168 Å². The number of aliphatic hydroxyl groups excluding tert-OH is 3. The third-order valence-electron chi connectivity index (χ3n) is 4.23. The Kier molecular flexibility index (Phi) is 6.46. The normalized spacial score (nSPS) is 25.7. The molecule has 1 aromatic heterocycles. The van der Waals surface area contributed by atoms with E-state index in [1.807, 2.05) is 0 Å². The fourth-order valence-electron chi connectivity index (χ4n) is 2.95. The molecule has 9 nitrogen and oxygen atoms in total. The van der Waals surface area contributed by atoms with Gasteiger partial charge in [0.2, 0.25) is 0 Å². The lowest BCUT2D eigenvalue weighted by molar-refractivity contribution is -0.0505. The summed E-state index contributed by atoms with van der Waals surface area (Å²) in [6, 6.07) is 3.16. The van der Waals surface area contributed by atoms with Gasteiger partial charge in [0, 0.05) is 10.9 Å². The third-order valence-corrected chi connectivity index (χ3v) is 5.33. The van der Waals surface area contributed by atoms with Crippen LogP contribution >= 0.6 is 34.8 Å². The Balaban J connectivity index is 2.13. The van der Waals surface area contributed by atoms with E-state index in [1.54, 1.807) is 12.1 Å². The fourth-order valence-corrected chi connectivity index (χ4v) is 3.61. The highest BCUT2D eigenvalue weighted by molar-refractivity contribution is 6.43. The van der Waals surface area contributed by atoms with Gasteiger partial charge in [-0.05, 0) is 12.1 Å². The summed E-state index contributed by atoms with van der Waals surface area (Å²) in [5, 5.41) is 35.0. The Hall–Kier alpha value is -1.14. The van der Waals surface area contributed by atoms with Crippen molar-refractivity contribution in [2.24, 2.45) is 11.0 Å². The predicted molar refractivity (Wildman–Crippen MR) is 101 cm³/mol. The number of ether oxygens (including phenoxy) is 1. The number of nitrogens with zero attached hydrogens (tertiary/aromatic N) is 2. The molecule has 2 heterocycles. The number of nitrogens with two attached hydrogens (primary N) is 1. The van der Waals surface area contributed by atoms with Gasteiger partial charge in [-0.15, -0.1) is 0 Å². The summed E-state index contributed by atoms with van der Waals surface area (Å²) < 4.78 is 7.05. The lowest BCUT2D eigenvalue weighted by Crippen LogP contribution is -2.33. The molecule has 0 aliphatic carbocycles. The first-order valence-electron chi connectivity index (χ1n) is 7.79. The molecule has 6 N–H and O–H groups in total. The summed E-state index contributed by atoms with van der Waals surface area (Å²) in [5.74, 6) is 4.92. The number of hydrogen-bond donors (Lipinski definition) is 5. The van der Waals surface area contributed by atoms with E-state index < -0.39 is 31.1 Å². The maximum atomic E-state index is 10.4. The van der Waals surface area contributed by atoms with Gasteiger partial charge in [0.15, 0.2) is 13.0 Å². The predicted octanol–water partition coefficient (Wildman–Crippen LogP) is 0.984. The molecule has 0 radical (unpaired) electrons. The molecule has 0 bridgehead atoms. The molecule has 0 amide bonds. The van der Waals surface area contributed by atoms with Crippen LogP contribution in [0.15, 0.2) is 17.2 Å². The van der Waals surface area contributed by atoms with Crippen LogP contribution in [0.5, 0.6) is 0 Å². The molecule has 1 saturated heterocycles. The van der Waals surface area contributed by atoms with Gasteiger partial charge in [-0.2, -0.15) is 5.10 Å². The second-order valence-electron chi connectivity index (χ2n) is 5.81. The van der Waals surface area contributed by atoms with Crippen LogP contribution in [0, 0.1) is 0 Å². The van der Waals surface area contributed by atoms with Crippen LogP contribution in [0.25, 0.3) is 10.9 Å². The quantitative estimate of drug-likeness (QED) is 0.196. The minimum absolute atomic E-state index is 0.0197. The fraction of sp³-hybridized carbons (Fsp3) is 0.400. The van der Waals surface area contributed by atoms with E-state index in [4.69, 9.17) is 45.4 Å². The molecule has 148 valence electrons. The van der Waals surface area contributed by atoms with E-state index >= 15 is 0 Å². The maximum absolute atomic E-state index is 10.4. The number of halogens is 3. The summed E-state index contributed by atoms with van der Waals surface area (Å²) >= 11 is 18.8. The SMILES string of the molecule is NOCN/N=C/c1c(Cl)n([C@@H]2O[C@H](CO)C(O)C2O)c2cc(Cl)c(Cl)cc12. The lowest BCUT2D eigenvalue weighted by atomic mass is 10.1. The van der Waals surface area contributed by atoms with Crippen molar-refractivity contribution in [3.63, 3.8) is 0 Å². The van der Waals surface area contributed by atoms with E-state index in [2.05, 4.69) is 15.4 Å². The van der Waals surface area contributed by atoms with Crippen LogP contribution in [0.2, 0.25) is 15.2 Å². The largest absolute Gasteiger partial charge is 0.394 e. The summed E-state index contributed by atoms with van der Waals surface area (Å²) in [6.07, 6.45) is -3.19. The van der Waals surface area contributed by atoms with Gasteiger partial charge >= 0.3 is 0 Å². The van der Waals surface area contributed by atoms with Crippen molar-refractivity contribution in [2.75, 3.05) is 13.3 Å². The number of aliphatic hydroxyl groups is 3. The average Bonchev–Trinajstić information content (AvgIpc) is 3.06. The van der Waals surface area contributed by atoms with Crippen LogP contribution in [0.3, 0.4) is 0 Å². The van der Waals surface area contributed by atoms with Crippen LogP contribution in [0.4, 0.5) is 0 Å². The average molecular weight is 440 g/mol. The standard InChI is InChI=1S/C15H17Cl3N4O5/c16-8-1-6-7(3-20-21-5-26-19)14(18)22(10(6)2-9(8)17)15-13(25)12(24)11(4-23)27-15/h1-3,11-13,15,21,23-25H,4-5,19H2/b20-3+/t11-,12?,13?,15-/m1/s1. The highest BCUT2D eigenvalue weighted by Gasteiger charge is 2.44. The molecular weight excluding hydrogens is 423 g/mol. The number of hydrogen-bond acceptors (Lipinski definition) is 8. The van der Waals surface area contributed by atoms with Crippen molar-refractivity contribution in [3.8, 4) is 0 Å². The van der Waals surface area contributed by atoms with Crippen molar-refractivity contribution in [2.45, 2.75) is 24.5 Å². The topological polar surface area (TPSA) is 134 Å². The molecule has 0 spiro atoms. The van der Waals surface area contributed by atoms with Gasteiger partial charge in [-0.1, -0.05) is 34.8 Å². The van der Waals surface area contributed by atoms with Gasteiger partial charge in [-0.25, -0.2) is 5.90 Å². The zero-order chi connectivity index (χ0) is 19.7. The van der Waals surface area contributed by atoms with Crippen molar-refractivity contribution in [1.82, 2.24) is 9.99 Å². The van der Waals surface area contributed by atoms with Crippen molar-refractivity contribution >= 4 is 51.9 Å².